The normalized spacial score (nSPS) is 20.3. The van der Waals surface area contributed by atoms with Crippen LogP contribution in [0.25, 0.3) is 0 Å². The van der Waals surface area contributed by atoms with E-state index in [1.807, 2.05) is 6.07 Å². The van der Waals surface area contributed by atoms with Crippen molar-refractivity contribution >= 4 is 11.6 Å². The van der Waals surface area contributed by atoms with Gasteiger partial charge in [-0.2, -0.15) is 0 Å². The summed E-state index contributed by atoms with van der Waals surface area (Å²) in [5, 5.41) is 0. The summed E-state index contributed by atoms with van der Waals surface area (Å²) >= 11 is 0. The second kappa shape index (κ2) is 4.72. The zero-order valence-corrected chi connectivity index (χ0v) is 11.7. The number of nitrogens with zero attached hydrogens (tertiary/aromatic N) is 4. The Kier molecular flexibility index (Phi) is 3.43. The summed E-state index contributed by atoms with van der Waals surface area (Å²) in [5.41, 5.74) is 5.98. The molecule has 0 amide bonds. The molecule has 0 spiro atoms. The Hall–Kier alpha value is -1.36. The molecular weight excluding hydrogens is 226 g/mol. The van der Waals surface area contributed by atoms with E-state index in [9.17, 15) is 0 Å². The molecule has 1 saturated heterocycles. The van der Waals surface area contributed by atoms with Gasteiger partial charge >= 0.3 is 0 Å². The number of hydrogen-bond acceptors (Lipinski definition) is 5. The molecule has 2 N–H and O–H groups in total. The van der Waals surface area contributed by atoms with Crippen LogP contribution in [-0.4, -0.2) is 41.7 Å². The van der Waals surface area contributed by atoms with E-state index in [2.05, 4.69) is 47.6 Å². The summed E-state index contributed by atoms with van der Waals surface area (Å²) < 4.78 is 0. The molecule has 1 atom stereocenters. The first kappa shape index (κ1) is 13.1. The van der Waals surface area contributed by atoms with Gasteiger partial charge < -0.3 is 15.5 Å². The lowest BCUT2D eigenvalue weighted by Crippen LogP contribution is -2.38. The second-order valence-electron chi connectivity index (χ2n) is 5.96. The molecule has 0 aliphatic carbocycles. The first-order valence-electron chi connectivity index (χ1n) is 6.44. The van der Waals surface area contributed by atoms with Crippen LogP contribution in [0, 0.1) is 0 Å². The monoisotopic (exact) mass is 249 g/mol. The van der Waals surface area contributed by atoms with E-state index in [1.54, 1.807) is 6.33 Å². The van der Waals surface area contributed by atoms with Crippen molar-refractivity contribution in [3.63, 3.8) is 0 Å². The number of rotatable bonds is 2. The highest BCUT2D eigenvalue weighted by Crippen LogP contribution is 2.24. The Balaban J connectivity index is 2.20. The molecule has 0 aromatic carbocycles. The van der Waals surface area contributed by atoms with Gasteiger partial charge in [-0.1, -0.05) is 0 Å². The Bertz CT molecular complexity index is 412. The lowest BCUT2D eigenvalue weighted by atomic mass is 10.1. The van der Waals surface area contributed by atoms with Crippen molar-refractivity contribution < 1.29 is 0 Å². The molecule has 2 heterocycles. The van der Waals surface area contributed by atoms with Crippen molar-refractivity contribution in [1.29, 1.82) is 0 Å². The average Bonchev–Trinajstić information content (AvgIpc) is 2.74. The SMILES string of the molecule is CN(c1cc(N2CCC(N)C2)ncn1)C(C)(C)C. The van der Waals surface area contributed by atoms with E-state index in [4.69, 9.17) is 5.73 Å². The Labute approximate surface area is 109 Å². The fourth-order valence-electron chi connectivity index (χ4n) is 2.03. The molecule has 1 aliphatic rings. The van der Waals surface area contributed by atoms with Gasteiger partial charge in [-0.25, -0.2) is 9.97 Å². The Morgan fingerprint density at radius 3 is 2.67 bits per heavy atom. The number of hydrogen-bond donors (Lipinski definition) is 1. The molecule has 0 saturated carbocycles. The highest BCUT2D eigenvalue weighted by atomic mass is 15.3. The number of aromatic nitrogens is 2. The van der Waals surface area contributed by atoms with E-state index >= 15 is 0 Å². The summed E-state index contributed by atoms with van der Waals surface area (Å²) in [7, 11) is 2.06. The number of anilines is 2. The van der Waals surface area contributed by atoms with Crippen molar-refractivity contribution in [3.8, 4) is 0 Å². The predicted octanol–water partition coefficient (Wildman–Crippen LogP) is 1.25. The zero-order valence-electron chi connectivity index (χ0n) is 11.7. The maximum Gasteiger partial charge on any atom is 0.134 e. The van der Waals surface area contributed by atoms with Gasteiger partial charge in [0, 0.05) is 37.8 Å². The van der Waals surface area contributed by atoms with Gasteiger partial charge in [-0.3, -0.25) is 0 Å². The lowest BCUT2D eigenvalue weighted by Gasteiger charge is -2.33. The standard InChI is InChI=1S/C13H23N5/c1-13(2,3)17(4)11-7-12(16-9-15-11)18-6-5-10(14)8-18/h7,9-10H,5-6,8,14H2,1-4H3. The second-order valence-corrected chi connectivity index (χ2v) is 5.96. The minimum Gasteiger partial charge on any atom is -0.355 e. The molecule has 1 aromatic rings. The van der Waals surface area contributed by atoms with Crippen LogP contribution in [0.15, 0.2) is 12.4 Å². The van der Waals surface area contributed by atoms with E-state index in [-0.39, 0.29) is 11.6 Å². The van der Waals surface area contributed by atoms with Gasteiger partial charge in [-0.15, -0.1) is 0 Å². The average molecular weight is 249 g/mol. The van der Waals surface area contributed by atoms with Crippen LogP contribution < -0.4 is 15.5 Å². The van der Waals surface area contributed by atoms with Gasteiger partial charge in [0.25, 0.3) is 0 Å². The number of nitrogens with two attached hydrogens (primary N) is 1. The smallest absolute Gasteiger partial charge is 0.134 e. The minimum atomic E-state index is 0.0486. The molecular formula is C13H23N5. The van der Waals surface area contributed by atoms with Crippen molar-refractivity contribution in [1.82, 2.24) is 9.97 Å². The molecule has 18 heavy (non-hydrogen) atoms. The first-order valence-corrected chi connectivity index (χ1v) is 6.44. The molecule has 5 heteroatoms. The third-order valence-corrected chi connectivity index (χ3v) is 3.54. The van der Waals surface area contributed by atoms with Gasteiger partial charge in [0.15, 0.2) is 0 Å². The zero-order chi connectivity index (χ0) is 13.3. The molecule has 1 aliphatic heterocycles. The topological polar surface area (TPSA) is 58.3 Å². The van der Waals surface area contributed by atoms with Crippen molar-refractivity contribution in [2.45, 2.75) is 38.8 Å². The van der Waals surface area contributed by atoms with Crippen LogP contribution in [0.2, 0.25) is 0 Å². The van der Waals surface area contributed by atoms with Crippen LogP contribution in [0.5, 0.6) is 0 Å². The third-order valence-electron chi connectivity index (χ3n) is 3.54. The summed E-state index contributed by atoms with van der Waals surface area (Å²) in [6, 6.07) is 2.31. The third kappa shape index (κ3) is 2.72. The lowest BCUT2D eigenvalue weighted by molar-refractivity contribution is 0.533. The fraction of sp³-hybridized carbons (Fsp3) is 0.692. The van der Waals surface area contributed by atoms with Crippen LogP contribution in [-0.2, 0) is 0 Å². The minimum absolute atomic E-state index is 0.0486. The molecule has 100 valence electrons. The summed E-state index contributed by atoms with van der Waals surface area (Å²) in [6.07, 6.45) is 2.67. The highest BCUT2D eigenvalue weighted by Gasteiger charge is 2.23. The van der Waals surface area contributed by atoms with E-state index in [1.165, 1.54) is 0 Å². The Morgan fingerprint density at radius 1 is 1.39 bits per heavy atom. The molecule has 0 bridgehead atoms. The maximum atomic E-state index is 5.93. The van der Waals surface area contributed by atoms with Gasteiger partial charge in [0.05, 0.1) is 0 Å². The largest absolute Gasteiger partial charge is 0.355 e. The Morgan fingerprint density at radius 2 is 2.11 bits per heavy atom. The maximum absolute atomic E-state index is 5.93. The van der Waals surface area contributed by atoms with E-state index in [0.29, 0.717) is 0 Å². The predicted molar refractivity (Wildman–Crippen MR) is 75.0 cm³/mol. The fourth-order valence-corrected chi connectivity index (χ4v) is 2.03. The highest BCUT2D eigenvalue weighted by molar-refractivity contribution is 5.51. The molecule has 5 nitrogen and oxygen atoms in total. The van der Waals surface area contributed by atoms with Crippen LogP contribution >= 0.6 is 0 Å². The summed E-state index contributed by atoms with van der Waals surface area (Å²) in [6.45, 7) is 8.37. The van der Waals surface area contributed by atoms with Crippen LogP contribution in [0.4, 0.5) is 11.6 Å². The van der Waals surface area contributed by atoms with Crippen molar-refractivity contribution in [2.75, 3.05) is 29.9 Å². The van der Waals surface area contributed by atoms with Crippen LogP contribution in [0.3, 0.4) is 0 Å². The van der Waals surface area contributed by atoms with Crippen molar-refractivity contribution in [2.24, 2.45) is 5.73 Å². The summed E-state index contributed by atoms with van der Waals surface area (Å²) in [5.74, 6) is 1.93. The first-order chi connectivity index (χ1) is 8.38. The van der Waals surface area contributed by atoms with Gasteiger partial charge in [0.1, 0.15) is 18.0 Å². The quantitative estimate of drug-likeness (QED) is 0.855. The van der Waals surface area contributed by atoms with Crippen molar-refractivity contribution in [3.05, 3.63) is 12.4 Å². The van der Waals surface area contributed by atoms with Gasteiger partial charge in [0.2, 0.25) is 0 Å². The molecule has 1 unspecified atom stereocenters. The van der Waals surface area contributed by atoms with E-state index < -0.39 is 0 Å². The molecule has 2 rings (SSSR count). The van der Waals surface area contributed by atoms with Crippen LogP contribution in [0.1, 0.15) is 27.2 Å². The van der Waals surface area contributed by atoms with Gasteiger partial charge in [-0.05, 0) is 27.2 Å². The molecule has 0 radical (unpaired) electrons. The summed E-state index contributed by atoms with van der Waals surface area (Å²) in [4.78, 5) is 13.1. The molecule has 1 aromatic heterocycles. The molecule has 1 fully saturated rings. The van der Waals surface area contributed by atoms with E-state index in [0.717, 1.165) is 31.1 Å².